The summed E-state index contributed by atoms with van der Waals surface area (Å²) >= 11 is 5.76. The topological polar surface area (TPSA) is 27.7 Å². The van der Waals surface area contributed by atoms with Crippen LogP contribution in [-0.2, 0) is 11.2 Å². The molecule has 1 unspecified atom stereocenters. The summed E-state index contributed by atoms with van der Waals surface area (Å²) in [4.78, 5) is 0. The van der Waals surface area contributed by atoms with E-state index in [1.165, 1.54) is 11.1 Å². The van der Waals surface area contributed by atoms with Crippen LogP contribution in [0.15, 0.2) is 12.1 Å². The number of benzene rings is 1. The number of aryl methyl sites for hydroxylation is 1. The Hall–Kier alpha value is -0.930. The molecule has 1 aliphatic heterocycles. The molecule has 4 heteroatoms. The predicted octanol–water partition coefficient (Wildman–Crippen LogP) is 4.12. The van der Waals surface area contributed by atoms with Crippen molar-refractivity contribution in [3.05, 3.63) is 23.3 Å². The average Bonchev–Trinajstić information content (AvgIpc) is 2.68. The van der Waals surface area contributed by atoms with Gasteiger partial charge < -0.3 is 14.2 Å². The Morgan fingerprint density at radius 2 is 1.95 bits per heavy atom. The van der Waals surface area contributed by atoms with Gasteiger partial charge in [0.25, 0.3) is 0 Å². The Bertz CT molecular complexity index is 434. The highest BCUT2D eigenvalue weighted by Gasteiger charge is 2.21. The molecule has 3 nitrogen and oxygen atoms in total. The smallest absolute Gasteiger partial charge is 0.161 e. The highest BCUT2D eigenvalue weighted by Crippen LogP contribution is 2.38. The van der Waals surface area contributed by atoms with Gasteiger partial charge in [-0.05, 0) is 55.4 Å². The van der Waals surface area contributed by atoms with Crippen molar-refractivity contribution in [1.82, 2.24) is 0 Å². The molecular formula is C16H23ClO3. The van der Waals surface area contributed by atoms with Gasteiger partial charge >= 0.3 is 0 Å². The third kappa shape index (κ3) is 3.58. The predicted molar refractivity (Wildman–Crippen MR) is 81.1 cm³/mol. The summed E-state index contributed by atoms with van der Waals surface area (Å²) in [6.07, 6.45) is 5.35. The van der Waals surface area contributed by atoms with Crippen molar-refractivity contribution in [3.63, 3.8) is 0 Å². The molecule has 0 radical (unpaired) electrons. The summed E-state index contributed by atoms with van der Waals surface area (Å²) in [5.74, 6) is 2.29. The lowest BCUT2D eigenvalue weighted by Crippen LogP contribution is -2.06. The van der Waals surface area contributed by atoms with Crippen molar-refractivity contribution in [2.24, 2.45) is 0 Å². The third-order valence-corrected chi connectivity index (χ3v) is 4.02. The quantitative estimate of drug-likeness (QED) is 0.584. The van der Waals surface area contributed by atoms with E-state index in [0.29, 0.717) is 5.88 Å². The summed E-state index contributed by atoms with van der Waals surface area (Å²) in [7, 11) is 3.35. The average molecular weight is 299 g/mol. The molecule has 1 aromatic carbocycles. The molecule has 0 N–H and O–H groups in total. The number of ether oxygens (including phenoxy) is 3. The van der Waals surface area contributed by atoms with E-state index in [1.54, 1.807) is 14.2 Å². The second-order valence-electron chi connectivity index (χ2n) is 5.05. The summed E-state index contributed by atoms with van der Waals surface area (Å²) in [6, 6.07) is 4.17. The Morgan fingerprint density at radius 3 is 2.65 bits per heavy atom. The van der Waals surface area contributed by atoms with Gasteiger partial charge in [0, 0.05) is 12.5 Å². The fraction of sp³-hybridized carbons (Fsp3) is 0.625. The normalized spacial score (nSPS) is 18.2. The molecule has 1 aliphatic rings. The molecule has 1 heterocycles. The minimum Gasteiger partial charge on any atom is -0.493 e. The molecule has 0 spiro atoms. The first-order valence-electron chi connectivity index (χ1n) is 7.22. The second kappa shape index (κ2) is 7.75. The molecule has 2 rings (SSSR count). The Labute approximate surface area is 126 Å². The first-order valence-corrected chi connectivity index (χ1v) is 7.76. The minimum absolute atomic E-state index is 0.149. The van der Waals surface area contributed by atoms with Crippen LogP contribution in [0.2, 0.25) is 0 Å². The molecule has 0 amide bonds. The first-order chi connectivity index (χ1) is 9.80. The summed E-state index contributed by atoms with van der Waals surface area (Å²) < 4.78 is 16.8. The Balaban J connectivity index is 2.27. The van der Waals surface area contributed by atoms with Crippen LogP contribution in [0.5, 0.6) is 11.5 Å². The largest absolute Gasteiger partial charge is 0.493 e. The maximum absolute atomic E-state index is 6.01. The zero-order chi connectivity index (χ0) is 14.4. The number of unbranched alkanes of at least 4 members (excludes halogenated alkanes) is 1. The monoisotopic (exact) mass is 298 g/mol. The first kappa shape index (κ1) is 15.5. The number of hydrogen-bond acceptors (Lipinski definition) is 3. The minimum atomic E-state index is 0.149. The summed E-state index contributed by atoms with van der Waals surface area (Å²) in [5.41, 5.74) is 2.56. The molecule has 1 aromatic rings. The van der Waals surface area contributed by atoms with Gasteiger partial charge in [0.15, 0.2) is 11.5 Å². The van der Waals surface area contributed by atoms with E-state index in [-0.39, 0.29) is 6.10 Å². The molecule has 1 atom stereocenters. The van der Waals surface area contributed by atoms with Gasteiger partial charge in [0.2, 0.25) is 0 Å². The molecule has 0 saturated carbocycles. The maximum atomic E-state index is 6.01. The standard InChI is InChI=1S/C16H23ClO3/c1-18-15-10-12-6-5-9-20-14(7-3-4-8-17)13(12)11-16(15)19-2/h10-11,14H,3-9H2,1-2H3. The molecule has 0 aliphatic carbocycles. The van der Waals surface area contributed by atoms with Crippen molar-refractivity contribution in [2.75, 3.05) is 26.7 Å². The highest BCUT2D eigenvalue weighted by atomic mass is 35.5. The van der Waals surface area contributed by atoms with Crippen molar-refractivity contribution in [1.29, 1.82) is 0 Å². The second-order valence-corrected chi connectivity index (χ2v) is 5.43. The molecule has 0 saturated heterocycles. The van der Waals surface area contributed by atoms with E-state index in [9.17, 15) is 0 Å². The lowest BCUT2D eigenvalue weighted by atomic mass is 9.96. The van der Waals surface area contributed by atoms with Crippen LogP contribution >= 0.6 is 11.6 Å². The fourth-order valence-corrected chi connectivity index (χ4v) is 2.88. The van der Waals surface area contributed by atoms with Crippen LogP contribution in [0.25, 0.3) is 0 Å². The van der Waals surface area contributed by atoms with Gasteiger partial charge in [0.05, 0.1) is 20.3 Å². The van der Waals surface area contributed by atoms with Crippen LogP contribution < -0.4 is 9.47 Å². The lowest BCUT2D eigenvalue weighted by molar-refractivity contribution is 0.0489. The van der Waals surface area contributed by atoms with Crippen molar-refractivity contribution in [2.45, 2.75) is 38.2 Å². The molecule has 0 aromatic heterocycles. The Kier molecular flexibility index (Phi) is 5.99. The van der Waals surface area contributed by atoms with Crippen molar-refractivity contribution >= 4 is 11.6 Å². The van der Waals surface area contributed by atoms with Crippen LogP contribution in [0.4, 0.5) is 0 Å². The van der Waals surface area contributed by atoms with Gasteiger partial charge in [-0.1, -0.05) is 0 Å². The van der Waals surface area contributed by atoms with Crippen LogP contribution in [-0.4, -0.2) is 26.7 Å². The van der Waals surface area contributed by atoms with Crippen LogP contribution in [0, 0.1) is 0 Å². The number of halogens is 1. The number of rotatable bonds is 6. The van der Waals surface area contributed by atoms with E-state index in [4.69, 9.17) is 25.8 Å². The number of alkyl halides is 1. The molecule has 0 bridgehead atoms. The maximum Gasteiger partial charge on any atom is 0.161 e. The zero-order valence-corrected chi connectivity index (χ0v) is 13.0. The molecular weight excluding hydrogens is 276 g/mol. The highest BCUT2D eigenvalue weighted by molar-refractivity contribution is 6.17. The van der Waals surface area contributed by atoms with E-state index in [1.807, 2.05) is 0 Å². The van der Waals surface area contributed by atoms with Crippen molar-refractivity contribution in [3.8, 4) is 11.5 Å². The Morgan fingerprint density at radius 1 is 1.20 bits per heavy atom. The van der Waals surface area contributed by atoms with E-state index >= 15 is 0 Å². The zero-order valence-electron chi connectivity index (χ0n) is 12.3. The van der Waals surface area contributed by atoms with Crippen LogP contribution in [0.3, 0.4) is 0 Å². The SMILES string of the molecule is COc1cc2c(cc1OC)C(CCCCCl)OCCC2. The third-order valence-electron chi connectivity index (χ3n) is 3.75. The lowest BCUT2D eigenvalue weighted by Gasteiger charge is -2.20. The van der Waals surface area contributed by atoms with Gasteiger partial charge in [-0.2, -0.15) is 0 Å². The van der Waals surface area contributed by atoms with Gasteiger partial charge in [0.1, 0.15) is 0 Å². The summed E-state index contributed by atoms with van der Waals surface area (Å²) in [5, 5.41) is 0. The molecule has 20 heavy (non-hydrogen) atoms. The van der Waals surface area contributed by atoms with Gasteiger partial charge in [-0.3, -0.25) is 0 Å². The summed E-state index contributed by atoms with van der Waals surface area (Å²) in [6.45, 7) is 0.810. The fourth-order valence-electron chi connectivity index (χ4n) is 2.69. The number of methoxy groups -OCH3 is 2. The molecule has 112 valence electrons. The van der Waals surface area contributed by atoms with Crippen LogP contribution in [0.1, 0.15) is 42.9 Å². The molecule has 0 fully saturated rings. The number of fused-ring (bicyclic) bond motifs is 1. The van der Waals surface area contributed by atoms with E-state index in [2.05, 4.69) is 12.1 Å². The van der Waals surface area contributed by atoms with Crippen molar-refractivity contribution < 1.29 is 14.2 Å². The van der Waals surface area contributed by atoms with Gasteiger partial charge in [-0.15, -0.1) is 11.6 Å². The number of hydrogen-bond donors (Lipinski definition) is 0. The van der Waals surface area contributed by atoms with E-state index < -0.39 is 0 Å². The van der Waals surface area contributed by atoms with E-state index in [0.717, 1.165) is 50.2 Å². The van der Waals surface area contributed by atoms with Gasteiger partial charge in [-0.25, -0.2) is 0 Å².